The zero-order valence-electron chi connectivity index (χ0n) is 12.1. The summed E-state index contributed by atoms with van der Waals surface area (Å²) in [5.74, 6) is -1.28. The van der Waals surface area contributed by atoms with Gasteiger partial charge in [-0.3, -0.25) is 14.5 Å². The molecule has 0 spiro atoms. The summed E-state index contributed by atoms with van der Waals surface area (Å²) in [6.07, 6.45) is -0.842. The predicted octanol–water partition coefficient (Wildman–Crippen LogP) is 0.629. The van der Waals surface area contributed by atoms with E-state index in [1.54, 1.807) is 20.8 Å². The fraction of sp³-hybridized carbons (Fsp3) is 0.769. The van der Waals surface area contributed by atoms with Crippen LogP contribution in [0.4, 0.5) is 4.79 Å². The second kappa shape index (κ2) is 6.69. The van der Waals surface area contributed by atoms with Crippen molar-refractivity contribution in [2.24, 2.45) is 0 Å². The van der Waals surface area contributed by atoms with Gasteiger partial charge in [-0.1, -0.05) is 0 Å². The topological polar surface area (TPSA) is 95.9 Å². The molecule has 1 aliphatic rings. The van der Waals surface area contributed by atoms with Crippen LogP contribution in [0.3, 0.4) is 0 Å². The summed E-state index contributed by atoms with van der Waals surface area (Å²) < 4.78 is 5.27. The van der Waals surface area contributed by atoms with Gasteiger partial charge in [-0.25, -0.2) is 4.79 Å². The molecule has 20 heavy (non-hydrogen) atoms. The molecule has 1 amide bonds. The van der Waals surface area contributed by atoms with Gasteiger partial charge in [0.25, 0.3) is 0 Å². The van der Waals surface area contributed by atoms with Crippen LogP contribution in [0, 0.1) is 0 Å². The van der Waals surface area contributed by atoms with Gasteiger partial charge >= 0.3 is 12.1 Å². The highest BCUT2D eigenvalue weighted by Crippen LogP contribution is 2.15. The fourth-order valence-corrected chi connectivity index (χ4v) is 1.93. The molecule has 1 aliphatic heterocycles. The summed E-state index contributed by atoms with van der Waals surface area (Å²) in [6, 6.07) is -0.655. The molecule has 0 aliphatic carbocycles. The summed E-state index contributed by atoms with van der Waals surface area (Å²) >= 11 is 0. The molecule has 0 bridgehead atoms. The number of ketones is 1. The van der Waals surface area contributed by atoms with E-state index in [4.69, 9.17) is 9.84 Å². The lowest BCUT2D eigenvalue weighted by Gasteiger charge is -2.36. The fourth-order valence-electron chi connectivity index (χ4n) is 1.93. The van der Waals surface area contributed by atoms with Gasteiger partial charge in [-0.2, -0.15) is 0 Å². The van der Waals surface area contributed by atoms with Gasteiger partial charge in [0.15, 0.2) is 5.78 Å². The molecule has 1 atom stereocenters. The third kappa shape index (κ3) is 5.16. The van der Waals surface area contributed by atoms with Gasteiger partial charge in [0.1, 0.15) is 11.6 Å². The first-order valence-electron chi connectivity index (χ1n) is 6.65. The molecule has 1 saturated heterocycles. The normalized spacial score (nSPS) is 19.6. The van der Waals surface area contributed by atoms with Crippen LogP contribution in [0.5, 0.6) is 0 Å². The Labute approximate surface area is 118 Å². The SMILES string of the molecule is CC(C)(C)OC(=O)N1CCNC[C@H]1C(=O)CCC(=O)O. The number of rotatable bonds is 4. The number of hydrogen-bond donors (Lipinski definition) is 2. The number of carboxylic acid groups (broad SMARTS) is 1. The summed E-state index contributed by atoms with van der Waals surface area (Å²) in [7, 11) is 0. The summed E-state index contributed by atoms with van der Waals surface area (Å²) in [6.45, 7) is 6.56. The summed E-state index contributed by atoms with van der Waals surface area (Å²) in [4.78, 5) is 36.0. The quantitative estimate of drug-likeness (QED) is 0.787. The molecule has 1 heterocycles. The van der Waals surface area contributed by atoms with Crippen LogP contribution in [0.15, 0.2) is 0 Å². The van der Waals surface area contributed by atoms with E-state index < -0.39 is 23.7 Å². The number of amides is 1. The van der Waals surface area contributed by atoms with E-state index >= 15 is 0 Å². The number of carbonyl (C=O) groups excluding carboxylic acids is 2. The number of carbonyl (C=O) groups is 3. The first-order valence-corrected chi connectivity index (χ1v) is 6.65. The molecule has 7 heteroatoms. The number of hydrogen-bond acceptors (Lipinski definition) is 5. The zero-order chi connectivity index (χ0) is 15.3. The van der Waals surface area contributed by atoms with Crippen LogP contribution in [0.2, 0.25) is 0 Å². The van der Waals surface area contributed by atoms with E-state index in [0.717, 1.165) is 0 Å². The van der Waals surface area contributed by atoms with E-state index in [9.17, 15) is 14.4 Å². The van der Waals surface area contributed by atoms with Gasteiger partial charge in [0, 0.05) is 26.1 Å². The Balaban J connectivity index is 2.68. The number of ether oxygens (including phenoxy) is 1. The van der Waals surface area contributed by atoms with Crippen LogP contribution in [-0.4, -0.2) is 59.1 Å². The van der Waals surface area contributed by atoms with E-state index in [0.29, 0.717) is 19.6 Å². The third-order valence-corrected chi connectivity index (χ3v) is 2.83. The third-order valence-electron chi connectivity index (χ3n) is 2.83. The van der Waals surface area contributed by atoms with Crippen LogP contribution in [-0.2, 0) is 14.3 Å². The molecule has 0 saturated carbocycles. The molecule has 0 radical (unpaired) electrons. The highest BCUT2D eigenvalue weighted by Gasteiger charge is 2.34. The maximum absolute atomic E-state index is 12.1. The number of aliphatic carboxylic acids is 1. The second-order valence-electron chi connectivity index (χ2n) is 5.75. The van der Waals surface area contributed by atoms with Gasteiger partial charge in [0.05, 0.1) is 6.42 Å². The van der Waals surface area contributed by atoms with E-state index in [1.165, 1.54) is 4.90 Å². The second-order valence-corrected chi connectivity index (χ2v) is 5.75. The van der Waals surface area contributed by atoms with Crippen molar-refractivity contribution < 1.29 is 24.2 Å². The van der Waals surface area contributed by atoms with Crippen molar-refractivity contribution in [1.29, 1.82) is 0 Å². The van der Waals surface area contributed by atoms with Crippen molar-refractivity contribution in [2.75, 3.05) is 19.6 Å². The first kappa shape index (κ1) is 16.4. The monoisotopic (exact) mass is 286 g/mol. The van der Waals surface area contributed by atoms with Crippen molar-refractivity contribution in [3.05, 3.63) is 0 Å². The summed E-state index contributed by atoms with van der Waals surface area (Å²) in [5.41, 5.74) is -0.628. The minimum Gasteiger partial charge on any atom is -0.481 e. The van der Waals surface area contributed by atoms with Crippen molar-refractivity contribution in [2.45, 2.75) is 45.3 Å². The number of nitrogens with zero attached hydrogens (tertiary/aromatic N) is 1. The van der Waals surface area contributed by atoms with Gasteiger partial charge in [0.2, 0.25) is 0 Å². The molecule has 1 rings (SSSR count). The maximum Gasteiger partial charge on any atom is 0.410 e. The Bertz CT molecular complexity index is 389. The zero-order valence-corrected chi connectivity index (χ0v) is 12.1. The molecule has 0 aromatic carbocycles. The maximum atomic E-state index is 12.1. The Morgan fingerprint density at radius 2 is 1.95 bits per heavy atom. The minimum absolute atomic E-state index is 0.0824. The molecular formula is C13H22N2O5. The Hall–Kier alpha value is -1.63. The Kier molecular flexibility index (Phi) is 5.50. The molecule has 0 aromatic heterocycles. The molecule has 0 aromatic rings. The van der Waals surface area contributed by atoms with Crippen molar-refractivity contribution >= 4 is 17.8 Å². The molecule has 7 nitrogen and oxygen atoms in total. The standard InChI is InChI=1S/C13H22N2O5/c1-13(2,3)20-12(19)15-7-6-14-8-9(15)10(16)4-5-11(17)18/h9,14H,4-8H2,1-3H3,(H,17,18)/t9-/m0/s1. The van der Waals surface area contributed by atoms with Crippen molar-refractivity contribution in [3.8, 4) is 0 Å². The average Bonchev–Trinajstić information content (AvgIpc) is 2.33. The molecule has 1 fully saturated rings. The van der Waals surface area contributed by atoms with Crippen LogP contribution in [0.1, 0.15) is 33.6 Å². The number of Topliss-reactive ketones (excluding diaryl/α,β-unsaturated/α-hetero) is 1. The molecule has 0 unspecified atom stereocenters. The Morgan fingerprint density at radius 1 is 1.30 bits per heavy atom. The van der Waals surface area contributed by atoms with Crippen LogP contribution < -0.4 is 5.32 Å². The van der Waals surface area contributed by atoms with Crippen molar-refractivity contribution in [1.82, 2.24) is 10.2 Å². The lowest BCUT2D eigenvalue weighted by molar-refractivity contribution is -0.139. The smallest absolute Gasteiger partial charge is 0.410 e. The summed E-state index contributed by atoms with van der Waals surface area (Å²) in [5, 5.41) is 11.6. The van der Waals surface area contributed by atoms with Crippen molar-refractivity contribution in [3.63, 3.8) is 0 Å². The highest BCUT2D eigenvalue weighted by molar-refractivity contribution is 5.89. The van der Waals surface area contributed by atoms with Crippen LogP contribution >= 0.6 is 0 Å². The van der Waals surface area contributed by atoms with E-state index in [-0.39, 0.29) is 18.6 Å². The average molecular weight is 286 g/mol. The number of piperazine rings is 1. The van der Waals surface area contributed by atoms with Gasteiger partial charge in [-0.15, -0.1) is 0 Å². The van der Waals surface area contributed by atoms with E-state index in [1.807, 2.05) is 0 Å². The molecule has 114 valence electrons. The lowest BCUT2D eigenvalue weighted by Crippen LogP contribution is -2.57. The first-order chi connectivity index (χ1) is 9.20. The van der Waals surface area contributed by atoms with Gasteiger partial charge < -0.3 is 15.2 Å². The van der Waals surface area contributed by atoms with Crippen LogP contribution in [0.25, 0.3) is 0 Å². The van der Waals surface area contributed by atoms with Gasteiger partial charge in [-0.05, 0) is 20.8 Å². The minimum atomic E-state index is -1.02. The number of carboxylic acids is 1. The predicted molar refractivity (Wildman–Crippen MR) is 71.5 cm³/mol. The number of nitrogens with one attached hydrogen (secondary N) is 1. The molecular weight excluding hydrogens is 264 g/mol. The highest BCUT2D eigenvalue weighted by atomic mass is 16.6. The van der Waals surface area contributed by atoms with E-state index in [2.05, 4.69) is 5.32 Å². The Morgan fingerprint density at radius 3 is 2.50 bits per heavy atom. The molecule has 2 N–H and O–H groups in total. The largest absolute Gasteiger partial charge is 0.481 e. The lowest BCUT2D eigenvalue weighted by atomic mass is 10.0.